The number of nitrogens with two attached hydrogens (primary N) is 1. The minimum absolute atomic E-state index is 0.177. The lowest BCUT2D eigenvalue weighted by Crippen LogP contribution is -2.22. The van der Waals surface area contributed by atoms with Crippen molar-refractivity contribution >= 4 is 49.2 Å². The molecule has 0 aliphatic carbocycles. The summed E-state index contributed by atoms with van der Waals surface area (Å²) in [6.07, 6.45) is 0. The fourth-order valence-electron chi connectivity index (χ4n) is 1.80. The molecule has 0 heterocycles. The summed E-state index contributed by atoms with van der Waals surface area (Å²) in [7, 11) is 0. The van der Waals surface area contributed by atoms with Gasteiger partial charge in [0.1, 0.15) is 5.75 Å². The maximum Gasteiger partial charge on any atom is 0.198 e. The number of nitrogens with zero attached hydrogens (tertiary/aromatic N) is 1. The second-order valence-corrected chi connectivity index (χ2v) is 6.30. The number of phenolic OH excluding ortho intramolecular Hbond substituents is 1. The highest BCUT2D eigenvalue weighted by Crippen LogP contribution is 2.35. The van der Waals surface area contributed by atoms with Crippen molar-refractivity contribution in [3.8, 4) is 5.75 Å². The maximum absolute atomic E-state index is 9.53. The molecule has 2 aromatic carbocycles. The monoisotopic (exact) mass is 411 g/mol. The molecule has 0 aliphatic rings. The second-order valence-electron chi connectivity index (χ2n) is 4.65. The summed E-state index contributed by atoms with van der Waals surface area (Å²) >= 11 is 6.94. The summed E-state index contributed by atoms with van der Waals surface area (Å²) < 4.78 is 1.76. The molecular formula is C15H15Br2N3O. The molecule has 0 unspecified atom stereocenters. The van der Waals surface area contributed by atoms with Gasteiger partial charge >= 0.3 is 0 Å². The van der Waals surface area contributed by atoms with Gasteiger partial charge in [-0.1, -0.05) is 12.1 Å². The number of aryl methyl sites for hydroxylation is 2. The first kappa shape index (κ1) is 15.9. The molecule has 0 amide bonds. The summed E-state index contributed by atoms with van der Waals surface area (Å²) in [5.41, 5.74) is 9.42. The number of hydrogen-bond acceptors (Lipinski definition) is 2. The van der Waals surface area contributed by atoms with Gasteiger partial charge in [0.05, 0.1) is 10.2 Å². The predicted octanol–water partition coefficient (Wildman–Crippen LogP) is 4.59. The maximum atomic E-state index is 9.53. The number of anilines is 1. The van der Waals surface area contributed by atoms with Gasteiger partial charge in [0.25, 0.3) is 0 Å². The van der Waals surface area contributed by atoms with E-state index in [1.807, 2.05) is 32.0 Å². The third-order valence-corrected chi connectivity index (χ3v) is 4.98. The number of rotatable bonds is 2. The molecule has 0 saturated carbocycles. The molecule has 0 aliphatic heterocycles. The van der Waals surface area contributed by atoms with Crippen molar-refractivity contribution in [1.29, 1.82) is 0 Å². The Balaban J connectivity index is 2.34. The fraction of sp³-hybridized carbons (Fsp3) is 0.133. The van der Waals surface area contributed by atoms with Crippen LogP contribution in [0.5, 0.6) is 5.75 Å². The first-order valence-corrected chi connectivity index (χ1v) is 7.82. The number of guanidine groups is 1. The van der Waals surface area contributed by atoms with Crippen LogP contribution in [0, 0.1) is 13.8 Å². The smallest absolute Gasteiger partial charge is 0.198 e. The molecule has 110 valence electrons. The van der Waals surface area contributed by atoms with Crippen molar-refractivity contribution in [2.24, 2.45) is 10.7 Å². The van der Waals surface area contributed by atoms with Crippen LogP contribution >= 0.6 is 31.9 Å². The molecule has 6 heteroatoms. The van der Waals surface area contributed by atoms with Crippen LogP contribution in [0.1, 0.15) is 11.1 Å². The molecule has 0 spiro atoms. The van der Waals surface area contributed by atoms with Crippen molar-refractivity contribution in [2.45, 2.75) is 13.8 Å². The Morgan fingerprint density at radius 3 is 2.52 bits per heavy atom. The van der Waals surface area contributed by atoms with Crippen LogP contribution in [0.2, 0.25) is 0 Å². The molecule has 0 atom stereocenters. The van der Waals surface area contributed by atoms with Gasteiger partial charge in [-0.05, 0) is 69.0 Å². The number of aliphatic imine (C=N–C) groups is 1. The Morgan fingerprint density at radius 1 is 1.14 bits per heavy atom. The number of phenols is 1. The van der Waals surface area contributed by atoms with E-state index in [-0.39, 0.29) is 11.7 Å². The zero-order chi connectivity index (χ0) is 15.6. The Bertz CT molecular complexity index is 714. The Labute approximate surface area is 140 Å². The molecular weight excluding hydrogens is 398 g/mol. The third-order valence-electron chi connectivity index (χ3n) is 2.99. The van der Waals surface area contributed by atoms with Gasteiger partial charge in [-0.2, -0.15) is 0 Å². The van der Waals surface area contributed by atoms with Crippen LogP contribution in [-0.4, -0.2) is 11.1 Å². The van der Waals surface area contributed by atoms with E-state index in [1.54, 1.807) is 12.1 Å². The Morgan fingerprint density at radius 2 is 1.81 bits per heavy atom. The topological polar surface area (TPSA) is 70.6 Å². The first-order chi connectivity index (χ1) is 9.88. The van der Waals surface area contributed by atoms with E-state index in [2.05, 4.69) is 42.2 Å². The number of aromatic hydroxyl groups is 1. The normalized spacial score (nSPS) is 11.5. The van der Waals surface area contributed by atoms with E-state index in [0.717, 1.165) is 31.4 Å². The van der Waals surface area contributed by atoms with Crippen molar-refractivity contribution in [1.82, 2.24) is 0 Å². The molecule has 4 N–H and O–H groups in total. The van der Waals surface area contributed by atoms with Gasteiger partial charge < -0.3 is 16.2 Å². The number of hydrogen-bond donors (Lipinski definition) is 3. The van der Waals surface area contributed by atoms with E-state index in [4.69, 9.17) is 5.73 Å². The highest BCUT2D eigenvalue weighted by Gasteiger charge is 2.08. The van der Waals surface area contributed by atoms with Crippen LogP contribution in [-0.2, 0) is 0 Å². The van der Waals surface area contributed by atoms with Crippen LogP contribution in [0.15, 0.2) is 44.3 Å². The van der Waals surface area contributed by atoms with Gasteiger partial charge in [0, 0.05) is 16.2 Å². The van der Waals surface area contributed by atoms with E-state index in [9.17, 15) is 5.11 Å². The number of halogens is 2. The summed E-state index contributed by atoms with van der Waals surface area (Å²) in [4.78, 5) is 4.41. The van der Waals surface area contributed by atoms with Crippen molar-refractivity contribution in [2.75, 3.05) is 5.32 Å². The summed E-state index contributed by atoms with van der Waals surface area (Å²) in [5.74, 6) is 0.432. The van der Waals surface area contributed by atoms with Gasteiger partial charge in [0.2, 0.25) is 0 Å². The highest BCUT2D eigenvalue weighted by molar-refractivity contribution is 9.13. The third kappa shape index (κ3) is 3.77. The molecule has 0 fully saturated rings. The first-order valence-electron chi connectivity index (χ1n) is 6.24. The number of nitrogens with one attached hydrogen (secondary N) is 1. The van der Waals surface area contributed by atoms with Crippen LogP contribution in [0.4, 0.5) is 11.4 Å². The lowest BCUT2D eigenvalue weighted by molar-refractivity contribution is 0.475. The summed E-state index contributed by atoms with van der Waals surface area (Å²) in [5, 5.41) is 12.5. The second kappa shape index (κ2) is 6.49. The van der Waals surface area contributed by atoms with Crippen LogP contribution < -0.4 is 11.1 Å². The van der Waals surface area contributed by atoms with Gasteiger partial charge in [0.15, 0.2) is 5.96 Å². The van der Waals surface area contributed by atoms with Crippen molar-refractivity contribution in [3.63, 3.8) is 0 Å². The van der Waals surface area contributed by atoms with Crippen LogP contribution in [0.3, 0.4) is 0 Å². The molecule has 2 rings (SSSR count). The minimum Gasteiger partial charge on any atom is -0.508 e. The predicted molar refractivity (Wildman–Crippen MR) is 94.3 cm³/mol. The van der Waals surface area contributed by atoms with E-state index in [1.165, 1.54) is 0 Å². The molecule has 0 saturated heterocycles. The average Bonchev–Trinajstić information content (AvgIpc) is 2.43. The quantitative estimate of drug-likeness (QED) is 0.498. The molecule has 4 nitrogen and oxygen atoms in total. The van der Waals surface area contributed by atoms with E-state index < -0.39 is 0 Å². The lowest BCUT2D eigenvalue weighted by Gasteiger charge is -2.11. The standard InChI is InChI=1S/C15H15Br2N3O/c1-8-3-5-10(21)7-12(8)19-15(18)20-14-9(2)4-6-11(16)13(14)17/h3-7,21H,1-2H3,(H3,18,19,20). The fourth-order valence-corrected chi connectivity index (χ4v) is 2.66. The van der Waals surface area contributed by atoms with Crippen molar-refractivity contribution < 1.29 is 5.11 Å². The molecule has 0 radical (unpaired) electrons. The SMILES string of the molecule is Cc1ccc(O)cc1NC(N)=Nc1c(C)ccc(Br)c1Br. The van der Waals surface area contributed by atoms with E-state index in [0.29, 0.717) is 0 Å². The number of benzene rings is 2. The molecule has 0 aromatic heterocycles. The highest BCUT2D eigenvalue weighted by atomic mass is 79.9. The summed E-state index contributed by atoms with van der Waals surface area (Å²) in [6.45, 7) is 3.89. The van der Waals surface area contributed by atoms with E-state index >= 15 is 0 Å². The summed E-state index contributed by atoms with van der Waals surface area (Å²) in [6, 6.07) is 8.95. The zero-order valence-corrected chi connectivity index (χ0v) is 14.8. The molecule has 21 heavy (non-hydrogen) atoms. The molecule has 0 bridgehead atoms. The lowest BCUT2D eigenvalue weighted by atomic mass is 10.2. The molecule has 2 aromatic rings. The van der Waals surface area contributed by atoms with Crippen LogP contribution in [0.25, 0.3) is 0 Å². The zero-order valence-electron chi connectivity index (χ0n) is 11.6. The van der Waals surface area contributed by atoms with Crippen molar-refractivity contribution in [3.05, 3.63) is 50.4 Å². The van der Waals surface area contributed by atoms with Gasteiger partial charge in [-0.25, -0.2) is 4.99 Å². The van der Waals surface area contributed by atoms with Gasteiger partial charge in [-0.3, -0.25) is 0 Å². The average molecular weight is 413 g/mol. The van der Waals surface area contributed by atoms with Gasteiger partial charge in [-0.15, -0.1) is 0 Å². The minimum atomic E-state index is 0.177. The Kier molecular flexibility index (Phi) is 4.90. The Hall–Kier alpha value is -1.53. The largest absolute Gasteiger partial charge is 0.508 e.